The molecule has 0 radical (unpaired) electrons. The van der Waals surface area contributed by atoms with E-state index in [0.29, 0.717) is 36.9 Å². The first-order valence-electron chi connectivity index (χ1n) is 9.63. The molecule has 1 aromatic carbocycles. The highest BCUT2D eigenvalue weighted by Gasteiger charge is 2.27. The summed E-state index contributed by atoms with van der Waals surface area (Å²) in [7, 11) is -2.54. The quantitative estimate of drug-likeness (QED) is 0.695. The minimum atomic E-state index is -3.89. The number of aryl methyl sites for hydroxylation is 1. The van der Waals surface area contributed by atoms with Gasteiger partial charge in [0.05, 0.1) is 24.6 Å². The molecule has 1 aliphatic rings. The van der Waals surface area contributed by atoms with Crippen LogP contribution in [0.5, 0.6) is 0 Å². The number of hydrogen-bond acceptors (Lipinski definition) is 6. The fourth-order valence-electron chi connectivity index (χ4n) is 3.01. The van der Waals surface area contributed by atoms with Crippen molar-refractivity contribution in [1.82, 2.24) is 9.21 Å². The summed E-state index contributed by atoms with van der Waals surface area (Å²) < 4.78 is 31.9. The van der Waals surface area contributed by atoms with E-state index in [1.165, 1.54) is 19.2 Å². The number of benzene rings is 1. The maximum Gasteiger partial charge on any atom is 0.264 e. The number of likely N-dealkylation sites (N-methyl/N-ethyl adjacent to an activating group) is 1. The highest BCUT2D eigenvalue weighted by atomic mass is 32.2. The van der Waals surface area contributed by atoms with Crippen LogP contribution in [0.3, 0.4) is 0 Å². The van der Waals surface area contributed by atoms with Gasteiger partial charge in [0, 0.05) is 25.8 Å². The number of carbonyl (C=O) groups excluding carboxylic acids is 2. The summed E-state index contributed by atoms with van der Waals surface area (Å²) in [5.41, 5.74) is 1.70. The Labute approximate surface area is 180 Å². The number of morpholine rings is 1. The van der Waals surface area contributed by atoms with E-state index in [1.54, 1.807) is 11.0 Å². The van der Waals surface area contributed by atoms with Crippen molar-refractivity contribution in [2.45, 2.75) is 17.6 Å². The fraction of sp³-hybridized carbons (Fsp3) is 0.400. The van der Waals surface area contributed by atoms with Crippen molar-refractivity contribution in [3.8, 4) is 0 Å². The zero-order chi connectivity index (χ0) is 21.7. The minimum absolute atomic E-state index is 0.0300. The smallest absolute Gasteiger partial charge is 0.264 e. The maximum atomic E-state index is 12.8. The lowest BCUT2D eigenvalue weighted by Gasteiger charge is -2.26. The highest BCUT2D eigenvalue weighted by Crippen LogP contribution is 2.25. The van der Waals surface area contributed by atoms with Crippen molar-refractivity contribution < 1.29 is 22.7 Å². The molecule has 1 N–H and O–H groups in total. The van der Waals surface area contributed by atoms with Crippen molar-refractivity contribution in [2.24, 2.45) is 0 Å². The van der Waals surface area contributed by atoms with Gasteiger partial charge in [0.25, 0.3) is 15.9 Å². The van der Waals surface area contributed by atoms with E-state index in [1.807, 2.05) is 25.1 Å². The topological polar surface area (TPSA) is 96.0 Å². The SMILES string of the molecule is CCc1cccc(NC(=O)CN(C)S(=O)(=O)c2ccc(C(=O)N3CCOCC3)s2)c1. The lowest BCUT2D eigenvalue weighted by Crippen LogP contribution is -2.40. The number of sulfonamides is 1. The molecule has 8 nitrogen and oxygen atoms in total. The molecule has 2 heterocycles. The first-order chi connectivity index (χ1) is 14.3. The zero-order valence-corrected chi connectivity index (χ0v) is 18.6. The van der Waals surface area contributed by atoms with E-state index in [2.05, 4.69) is 5.32 Å². The van der Waals surface area contributed by atoms with Gasteiger partial charge in [-0.25, -0.2) is 8.42 Å². The van der Waals surface area contributed by atoms with Gasteiger partial charge >= 0.3 is 0 Å². The van der Waals surface area contributed by atoms with E-state index >= 15 is 0 Å². The molecule has 2 aromatic rings. The van der Waals surface area contributed by atoms with Crippen LogP contribution in [0, 0.1) is 0 Å². The van der Waals surface area contributed by atoms with Gasteiger partial charge in [0.2, 0.25) is 5.91 Å². The number of rotatable bonds is 7. The molecule has 0 saturated carbocycles. The molecule has 1 saturated heterocycles. The second-order valence-corrected chi connectivity index (χ2v) is 10.2. The predicted octanol–water partition coefficient (Wildman–Crippen LogP) is 2.04. The van der Waals surface area contributed by atoms with Gasteiger partial charge in [-0.15, -0.1) is 11.3 Å². The lowest BCUT2D eigenvalue weighted by atomic mass is 10.1. The number of amides is 2. The van der Waals surface area contributed by atoms with Crippen LogP contribution in [-0.4, -0.2) is 69.3 Å². The second kappa shape index (κ2) is 9.69. The van der Waals surface area contributed by atoms with Gasteiger partial charge in [-0.05, 0) is 36.2 Å². The number of nitrogens with one attached hydrogen (secondary N) is 1. The summed E-state index contributed by atoms with van der Waals surface area (Å²) in [4.78, 5) is 26.9. The number of ether oxygens (including phenoxy) is 1. The van der Waals surface area contributed by atoms with E-state index < -0.39 is 15.9 Å². The van der Waals surface area contributed by atoms with Crippen molar-refractivity contribution in [3.63, 3.8) is 0 Å². The lowest BCUT2D eigenvalue weighted by molar-refractivity contribution is -0.116. The Kier molecular flexibility index (Phi) is 7.24. The van der Waals surface area contributed by atoms with Crippen LogP contribution in [0.1, 0.15) is 22.2 Å². The molecular weight excluding hydrogens is 426 g/mol. The van der Waals surface area contributed by atoms with Gasteiger partial charge in [0.15, 0.2) is 0 Å². The van der Waals surface area contributed by atoms with Gasteiger partial charge < -0.3 is 15.0 Å². The number of thiophene rings is 1. The van der Waals surface area contributed by atoms with Crippen molar-refractivity contribution in [2.75, 3.05) is 45.2 Å². The first-order valence-corrected chi connectivity index (χ1v) is 11.9. The van der Waals surface area contributed by atoms with Gasteiger partial charge in [0.1, 0.15) is 4.21 Å². The van der Waals surface area contributed by atoms with Crippen LogP contribution in [0.15, 0.2) is 40.6 Å². The van der Waals surface area contributed by atoms with Crippen LogP contribution in [0.4, 0.5) is 5.69 Å². The van der Waals surface area contributed by atoms with E-state index in [-0.39, 0.29) is 16.7 Å². The molecule has 0 aliphatic carbocycles. The van der Waals surface area contributed by atoms with E-state index in [9.17, 15) is 18.0 Å². The second-order valence-electron chi connectivity index (χ2n) is 6.89. The average Bonchev–Trinajstić information content (AvgIpc) is 3.25. The maximum absolute atomic E-state index is 12.8. The average molecular weight is 452 g/mol. The third-order valence-corrected chi connectivity index (χ3v) is 8.08. The van der Waals surface area contributed by atoms with Crippen LogP contribution < -0.4 is 5.32 Å². The Hall–Kier alpha value is -2.27. The fourth-order valence-corrected chi connectivity index (χ4v) is 5.62. The third-order valence-electron chi connectivity index (χ3n) is 4.74. The number of anilines is 1. The van der Waals surface area contributed by atoms with Gasteiger partial charge in [-0.3, -0.25) is 9.59 Å². The Morgan fingerprint density at radius 2 is 1.93 bits per heavy atom. The summed E-state index contributed by atoms with van der Waals surface area (Å²) in [6.07, 6.45) is 0.835. The van der Waals surface area contributed by atoms with E-state index in [0.717, 1.165) is 27.6 Å². The highest BCUT2D eigenvalue weighted by molar-refractivity contribution is 7.91. The molecule has 2 amide bonds. The molecule has 162 valence electrons. The van der Waals surface area contributed by atoms with Crippen LogP contribution in [0.2, 0.25) is 0 Å². The summed E-state index contributed by atoms with van der Waals surface area (Å²) >= 11 is 0.913. The molecule has 30 heavy (non-hydrogen) atoms. The van der Waals surface area contributed by atoms with Gasteiger partial charge in [-0.2, -0.15) is 4.31 Å². The summed E-state index contributed by atoms with van der Waals surface area (Å²) in [5.74, 6) is -0.642. The molecule has 10 heteroatoms. The van der Waals surface area contributed by atoms with Crippen LogP contribution >= 0.6 is 11.3 Å². The largest absolute Gasteiger partial charge is 0.378 e. The zero-order valence-electron chi connectivity index (χ0n) is 17.0. The van der Waals surface area contributed by atoms with Crippen molar-refractivity contribution in [1.29, 1.82) is 0 Å². The van der Waals surface area contributed by atoms with Crippen molar-refractivity contribution >= 4 is 38.9 Å². The predicted molar refractivity (Wildman–Crippen MR) is 115 cm³/mol. The molecule has 1 aliphatic heterocycles. The van der Waals surface area contributed by atoms with Gasteiger partial charge in [-0.1, -0.05) is 19.1 Å². The first kappa shape index (κ1) is 22.4. The Morgan fingerprint density at radius 1 is 1.20 bits per heavy atom. The summed E-state index contributed by atoms with van der Waals surface area (Å²) in [5, 5.41) is 2.72. The Morgan fingerprint density at radius 3 is 2.63 bits per heavy atom. The van der Waals surface area contributed by atoms with Crippen LogP contribution in [-0.2, 0) is 26.0 Å². The van der Waals surface area contributed by atoms with E-state index in [4.69, 9.17) is 4.74 Å². The third kappa shape index (κ3) is 5.25. The standard InChI is InChI=1S/C20H25N3O5S2/c1-3-15-5-4-6-16(13-15)21-18(24)14-22(2)30(26,27)19-8-7-17(29-19)20(25)23-9-11-28-12-10-23/h4-8,13H,3,9-12,14H2,1-2H3,(H,21,24). The molecule has 0 spiro atoms. The van der Waals surface area contributed by atoms with Crippen LogP contribution in [0.25, 0.3) is 0 Å². The molecule has 1 aromatic heterocycles. The summed E-state index contributed by atoms with van der Waals surface area (Å²) in [6.45, 7) is 3.60. The normalized spacial score (nSPS) is 14.7. The Balaban J connectivity index is 1.65. The summed E-state index contributed by atoms with van der Waals surface area (Å²) in [6, 6.07) is 10.3. The van der Waals surface area contributed by atoms with Crippen molar-refractivity contribution in [3.05, 3.63) is 46.8 Å². The minimum Gasteiger partial charge on any atom is -0.378 e. The number of carbonyl (C=O) groups is 2. The number of hydrogen-bond donors (Lipinski definition) is 1. The Bertz CT molecular complexity index is 1010. The number of nitrogens with zero attached hydrogens (tertiary/aromatic N) is 2. The molecular formula is C20H25N3O5S2. The molecule has 0 unspecified atom stereocenters. The molecule has 0 atom stereocenters. The molecule has 3 rings (SSSR count). The molecule has 1 fully saturated rings. The monoisotopic (exact) mass is 451 g/mol. The molecule has 0 bridgehead atoms.